The minimum atomic E-state index is 0.565. The van der Waals surface area contributed by atoms with Crippen molar-refractivity contribution in [2.75, 3.05) is 6.54 Å². The van der Waals surface area contributed by atoms with Crippen molar-refractivity contribution in [1.29, 1.82) is 0 Å². The highest BCUT2D eigenvalue weighted by Crippen LogP contribution is 2.30. The number of guanidine groups is 1. The van der Waals surface area contributed by atoms with Crippen LogP contribution in [0.1, 0.15) is 35.1 Å². The minimum Gasteiger partial charge on any atom is -0.370 e. The molecule has 3 N–H and O–H groups in total. The van der Waals surface area contributed by atoms with E-state index in [1.807, 2.05) is 11.3 Å². The maximum absolute atomic E-state index is 5.74. The predicted molar refractivity (Wildman–Crippen MR) is 70.0 cm³/mol. The fraction of sp³-hybridized carbons (Fsp3) is 0.583. The molecule has 0 amide bonds. The molecular weight excluding hydrogens is 218 g/mol. The molecule has 0 bridgehead atoms. The van der Waals surface area contributed by atoms with Gasteiger partial charge in [-0.3, -0.25) is 0 Å². The summed E-state index contributed by atoms with van der Waals surface area (Å²) in [6, 6.07) is 2.30. The summed E-state index contributed by atoms with van der Waals surface area (Å²) in [5, 5.41) is 3.08. The molecule has 1 aliphatic carbocycles. The van der Waals surface area contributed by atoms with Crippen molar-refractivity contribution >= 4 is 17.3 Å². The van der Waals surface area contributed by atoms with Gasteiger partial charge in [0.05, 0.1) is 6.54 Å². The molecule has 1 aliphatic rings. The van der Waals surface area contributed by atoms with Crippen LogP contribution in [0.15, 0.2) is 11.1 Å². The molecule has 1 heterocycles. The molecule has 1 aromatic heterocycles. The lowest BCUT2D eigenvalue weighted by Gasteiger charge is -2.02. The fourth-order valence-corrected chi connectivity index (χ4v) is 3.13. The molecule has 0 saturated carbocycles. The summed E-state index contributed by atoms with van der Waals surface area (Å²) in [5.74, 6) is 0.565. The van der Waals surface area contributed by atoms with Gasteiger partial charge in [-0.05, 0) is 37.3 Å². The molecule has 0 unspecified atom stereocenters. The number of hydrogen-bond donors (Lipinski definition) is 2. The van der Waals surface area contributed by atoms with E-state index in [-0.39, 0.29) is 0 Å². The van der Waals surface area contributed by atoms with Gasteiger partial charge in [-0.25, -0.2) is 4.99 Å². The Labute approximate surface area is 101 Å². The number of aryl methyl sites for hydroxylation is 2. The number of nitrogens with one attached hydrogen (secondary N) is 1. The summed E-state index contributed by atoms with van der Waals surface area (Å²) in [6.07, 6.45) is 4.90. The van der Waals surface area contributed by atoms with E-state index < -0.39 is 0 Å². The molecule has 1 aromatic rings. The molecule has 0 aliphatic heterocycles. The van der Waals surface area contributed by atoms with Crippen LogP contribution in [-0.2, 0) is 19.4 Å². The Kier molecular flexibility index (Phi) is 3.83. The van der Waals surface area contributed by atoms with Crippen molar-refractivity contribution < 1.29 is 0 Å². The summed E-state index contributed by atoms with van der Waals surface area (Å²) < 4.78 is 0. The van der Waals surface area contributed by atoms with Crippen LogP contribution in [0.25, 0.3) is 0 Å². The molecule has 0 atom stereocenters. The second-order valence-corrected chi connectivity index (χ2v) is 5.36. The second kappa shape index (κ2) is 5.34. The lowest BCUT2D eigenvalue weighted by atomic mass is 10.2. The molecule has 0 saturated heterocycles. The summed E-state index contributed by atoms with van der Waals surface area (Å²) >= 11 is 1.90. The van der Waals surface area contributed by atoms with Gasteiger partial charge in [-0.1, -0.05) is 6.92 Å². The van der Waals surface area contributed by atoms with Gasteiger partial charge in [0.2, 0.25) is 0 Å². The highest BCUT2D eigenvalue weighted by molar-refractivity contribution is 7.12. The van der Waals surface area contributed by atoms with E-state index in [0.29, 0.717) is 5.96 Å². The third-order valence-electron chi connectivity index (χ3n) is 2.76. The largest absolute Gasteiger partial charge is 0.370 e. The zero-order valence-corrected chi connectivity index (χ0v) is 10.6. The summed E-state index contributed by atoms with van der Waals surface area (Å²) in [7, 11) is 0. The Morgan fingerprint density at radius 1 is 1.56 bits per heavy atom. The van der Waals surface area contributed by atoms with E-state index in [1.165, 1.54) is 29.7 Å². The highest BCUT2D eigenvalue weighted by atomic mass is 32.1. The number of hydrogen-bond acceptors (Lipinski definition) is 2. The molecule has 4 heteroatoms. The first-order valence-corrected chi connectivity index (χ1v) is 6.75. The van der Waals surface area contributed by atoms with Crippen molar-refractivity contribution in [2.24, 2.45) is 10.7 Å². The van der Waals surface area contributed by atoms with Crippen molar-refractivity contribution in [2.45, 2.75) is 39.2 Å². The van der Waals surface area contributed by atoms with Gasteiger partial charge in [0.1, 0.15) is 0 Å². The molecular formula is C12H19N3S. The molecule has 0 fully saturated rings. The lowest BCUT2D eigenvalue weighted by Crippen LogP contribution is -2.32. The van der Waals surface area contributed by atoms with Crippen LogP contribution in [-0.4, -0.2) is 12.5 Å². The molecule has 16 heavy (non-hydrogen) atoms. The normalized spacial score (nSPS) is 15.2. The monoisotopic (exact) mass is 237 g/mol. The number of nitrogens with two attached hydrogens (primary N) is 1. The Balaban J connectivity index is 1.89. The van der Waals surface area contributed by atoms with Gasteiger partial charge in [0.15, 0.2) is 5.96 Å². The summed E-state index contributed by atoms with van der Waals surface area (Å²) in [6.45, 7) is 3.74. The molecule has 2 rings (SSSR count). The fourth-order valence-electron chi connectivity index (χ4n) is 1.94. The molecule has 0 radical (unpaired) electrons. The quantitative estimate of drug-likeness (QED) is 0.622. The average Bonchev–Trinajstić information content (AvgIpc) is 2.83. The maximum Gasteiger partial charge on any atom is 0.188 e. The van der Waals surface area contributed by atoms with Crippen LogP contribution in [0, 0.1) is 0 Å². The topological polar surface area (TPSA) is 50.4 Å². The first kappa shape index (κ1) is 11.5. The Bertz CT molecular complexity index is 360. The Morgan fingerprint density at radius 3 is 3.19 bits per heavy atom. The molecule has 88 valence electrons. The van der Waals surface area contributed by atoms with Crippen LogP contribution in [0.3, 0.4) is 0 Å². The smallest absolute Gasteiger partial charge is 0.188 e. The minimum absolute atomic E-state index is 0.565. The summed E-state index contributed by atoms with van der Waals surface area (Å²) in [5.41, 5.74) is 7.28. The van der Waals surface area contributed by atoms with Gasteiger partial charge in [-0.2, -0.15) is 0 Å². The SMILES string of the molecule is CCCNC(N)=NCc1cc2c(s1)CCC2. The van der Waals surface area contributed by atoms with Gasteiger partial charge >= 0.3 is 0 Å². The van der Waals surface area contributed by atoms with E-state index in [2.05, 4.69) is 23.3 Å². The average molecular weight is 237 g/mol. The Morgan fingerprint density at radius 2 is 2.44 bits per heavy atom. The standard InChI is InChI=1S/C12H19N3S/c1-2-6-14-12(13)15-8-10-7-9-4-3-5-11(9)16-10/h7H,2-6,8H2,1H3,(H3,13,14,15). The van der Waals surface area contributed by atoms with E-state index in [9.17, 15) is 0 Å². The highest BCUT2D eigenvalue weighted by Gasteiger charge is 2.14. The van der Waals surface area contributed by atoms with Crippen LogP contribution >= 0.6 is 11.3 Å². The first-order valence-electron chi connectivity index (χ1n) is 5.94. The summed E-state index contributed by atoms with van der Waals surface area (Å²) in [4.78, 5) is 7.24. The number of nitrogens with zero attached hydrogens (tertiary/aromatic N) is 1. The van der Waals surface area contributed by atoms with Crippen LogP contribution < -0.4 is 11.1 Å². The van der Waals surface area contributed by atoms with Gasteiger partial charge in [0, 0.05) is 16.3 Å². The third kappa shape index (κ3) is 2.76. The number of rotatable bonds is 4. The van der Waals surface area contributed by atoms with Crippen LogP contribution in [0.5, 0.6) is 0 Å². The zero-order valence-electron chi connectivity index (χ0n) is 9.75. The van der Waals surface area contributed by atoms with E-state index in [4.69, 9.17) is 5.73 Å². The van der Waals surface area contributed by atoms with Crippen LogP contribution in [0.2, 0.25) is 0 Å². The van der Waals surface area contributed by atoms with Crippen molar-refractivity contribution in [3.63, 3.8) is 0 Å². The number of thiophene rings is 1. The molecule has 0 aromatic carbocycles. The molecule has 3 nitrogen and oxygen atoms in total. The van der Waals surface area contributed by atoms with Crippen molar-refractivity contribution in [3.8, 4) is 0 Å². The Hall–Kier alpha value is -1.03. The van der Waals surface area contributed by atoms with Gasteiger partial charge < -0.3 is 11.1 Å². The van der Waals surface area contributed by atoms with Crippen molar-refractivity contribution in [3.05, 3.63) is 21.4 Å². The maximum atomic E-state index is 5.74. The van der Waals surface area contributed by atoms with E-state index >= 15 is 0 Å². The third-order valence-corrected chi connectivity index (χ3v) is 3.98. The van der Waals surface area contributed by atoms with Crippen molar-refractivity contribution in [1.82, 2.24) is 5.32 Å². The van der Waals surface area contributed by atoms with Crippen LogP contribution in [0.4, 0.5) is 0 Å². The number of aliphatic imine (C=N–C) groups is 1. The lowest BCUT2D eigenvalue weighted by molar-refractivity contribution is 0.826. The van der Waals surface area contributed by atoms with E-state index in [0.717, 1.165) is 19.5 Å². The number of fused-ring (bicyclic) bond motifs is 1. The molecule has 0 spiro atoms. The first-order chi connectivity index (χ1) is 7.79. The van der Waals surface area contributed by atoms with Gasteiger partial charge in [-0.15, -0.1) is 11.3 Å². The van der Waals surface area contributed by atoms with Gasteiger partial charge in [0.25, 0.3) is 0 Å². The predicted octanol–water partition coefficient (Wildman–Crippen LogP) is 2.05. The zero-order chi connectivity index (χ0) is 11.4. The second-order valence-electron chi connectivity index (χ2n) is 4.14. The van der Waals surface area contributed by atoms with E-state index in [1.54, 1.807) is 4.88 Å².